The topological polar surface area (TPSA) is 11.4 Å². The Hall–Kier alpha value is -6.00. The molecule has 0 radical (unpaired) electrons. The smallest absolute Gasteiger partial charge is 0.252 e. The number of unbranched alkanes of at least 4 members (excludes halogenated alkanes) is 2. The standard InChI is InChI=1S/C57H58BN3/c1-6-10-16-40-23-29-44(30-24-40)59(45-33-27-43(28-34-45)42(9-4)15-8-3)47-37-54-56-55(38-47)61-52-21-13-12-18-48(52)49-19-14-20-50(57(49)61)58(56)51-36-39(5)22-35-53(51)60(54)46-31-25-41(26-32-46)17-11-7-2/h12-14,18-38,42H,6-11,15-17H2,1-5H3. The van der Waals surface area contributed by atoms with Crippen LogP contribution < -0.4 is 26.2 Å². The number of rotatable bonds is 14. The molecule has 304 valence electrons. The number of hydrogen-bond donors (Lipinski definition) is 0. The Balaban J connectivity index is 1.26. The van der Waals surface area contributed by atoms with E-state index in [4.69, 9.17) is 0 Å². The van der Waals surface area contributed by atoms with Crippen molar-refractivity contribution in [3.05, 3.63) is 168 Å². The van der Waals surface area contributed by atoms with Crippen LogP contribution in [0.15, 0.2) is 146 Å². The van der Waals surface area contributed by atoms with Crippen molar-refractivity contribution in [1.29, 1.82) is 0 Å². The molecule has 3 nitrogen and oxygen atoms in total. The number of anilines is 6. The molecule has 0 saturated heterocycles. The average molecular weight is 796 g/mol. The van der Waals surface area contributed by atoms with E-state index in [1.165, 1.54) is 133 Å². The summed E-state index contributed by atoms with van der Waals surface area (Å²) in [7, 11) is 0. The molecule has 0 aliphatic carbocycles. The van der Waals surface area contributed by atoms with Gasteiger partial charge in [-0.3, -0.25) is 0 Å². The van der Waals surface area contributed by atoms with Crippen molar-refractivity contribution in [3.63, 3.8) is 0 Å². The van der Waals surface area contributed by atoms with Gasteiger partial charge in [0.15, 0.2) is 0 Å². The lowest BCUT2D eigenvalue weighted by molar-refractivity contribution is 0.596. The van der Waals surface area contributed by atoms with E-state index in [-0.39, 0.29) is 6.71 Å². The van der Waals surface area contributed by atoms with Gasteiger partial charge in [-0.1, -0.05) is 137 Å². The fraction of sp³-hybridized carbons (Fsp3) is 0.263. The summed E-state index contributed by atoms with van der Waals surface area (Å²) in [6.45, 7) is 11.5. The Morgan fingerprint density at radius 1 is 0.557 bits per heavy atom. The van der Waals surface area contributed by atoms with Gasteiger partial charge in [0.2, 0.25) is 0 Å². The zero-order valence-corrected chi connectivity index (χ0v) is 36.7. The number of benzene rings is 7. The van der Waals surface area contributed by atoms with E-state index in [2.05, 4.69) is 195 Å². The molecule has 1 unspecified atom stereocenters. The minimum absolute atomic E-state index is 0.0877. The van der Waals surface area contributed by atoms with Crippen LogP contribution in [0.25, 0.3) is 27.5 Å². The van der Waals surface area contributed by atoms with E-state index >= 15 is 0 Å². The minimum atomic E-state index is 0.0877. The fourth-order valence-corrected chi connectivity index (χ4v) is 10.6. The van der Waals surface area contributed by atoms with Crippen LogP contribution in [0, 0.1) is 6.92 Å². The molecule has 3 heterocycles. The number of hydrogen-bond acceptors (Lipinski definition) is 2. The van der Waals surface area contributed by atoms with Crippen molar-refractivity contribution in [2.75, 3.05) is 9.80 Å². The van der Waals surface area contributed by atoms with Crippen LogP contribution in [0.2, 0.25) is 0 Å². The maximum atomic E-state index is 2.59. The molecule has 0 bridgehead atoms. The van der Waals surface area contributed by atoms with Crippen LogP contribution >= 0.6 is 0 Å². The second-order valence-electron chi connectivity index (χ2n) is 17.7. The number of para-hydroxylation sites is 2. The SMILES string of the molecule is CCCCc1ccc(N(c2ccc(C(CC)CCC)cc2)c2cc3c4c(c2)-n2c5ccccc5c5cccc(c52)B4c2cc(C)ccc2N3c2ccc(CCCC)cc2)cc1. The van der Waals surface area contributed by atoms with Crippen LogP contribution in [0.4, 0.5) is 34.1 Å². The van der Waals surface area contributed by atoms with Gasteiger partial charge in [0.25, 0.3) is 6.71 Å². The second kappa shape index (κ2) is 16.5. The molecule has 8 aromatic rings. The van der Waals surface area contributed by atoms with Crippen LogP contribution in [0.1, 0.15) is 101 Å². The highest BCUT2D eigenvalue weighted by molar-refractivity contribution is 7.00. The summed E-state index contributed by atoms with van der Waals surface area (Å²) in [4.78, 5) is 5.08. The molecule has 1 aromatic heterocycles. The van der Waals surface area contributed by atoms with Crippen LogP contribution in [-0.4, -0.2) is 11.3 Å². The average Bonchev–Trinajstić information content (AvgIpc) is 3.64. The van der Waals surface area contributed by atoms with Gasteiger partial charge < -0.3 is 14.4 Å². The molecule has 2 aliphatic heterocycles. The second-order valence-corrected chi connectivity index (χ2v) is 17.7. The lowest BCUT2D eigenvalue weighted by atomic mass is 9.33. The monoisotopic (exact) mass is 795 g/mol. The maximum Gasteiger partial charge on any atom is 0.252 e. The van der Waals surface area contributed by atoms with Crippen molar-refractivity contribution in [2.45, 2.75) is 98.3 Å². The van der Waals surface area contributed by atoms with Gasteiger partial charge >= 0.3 is 0 Å². The van der Waals surface area contributed by atoms with Gasteiger partial charge in [0.1, 0.15) is 0 Å². The lowest BCUT2D eigenvalue weighted by Gasteiger charge is -2.41. The van der Waals surface area contributed by atoms with E-state index in [1.807, 2.05) is 0 Å². The van der Waals surface area contributed by atoms with Crippen molar-refractivity contribution in [3.8, 4) is 5.69 Å². The quantitative estimate of drug-likeness (QED) is 0.102. The lowest BCUT2D eigenvalue weighted by Crippen LogP contribution is -2.60. The molecule has 2 aliphatic rings. The summed E-state index contributed by atoms with van der Waals surface area (Å²) in [6.07, 6.45) is 10.6. The van der Waals surface area contributed by atoms with E-state index in [0.717, 1.165) is 24.9 Å². The van der Waals surface area contributed by atoms with Gasteiger partial charge in [-0.05, 0) is 145 Å². The van der Waals surface area contributed by atoms with Crippen molar-refractivity contribution < 1.29 is 0 Å². The third kappa shape index (κ3) is 6.76. The molecule has 4 heteroatoms. The zero-order valence-electron chi connectivity index (χ0n) is 36.7. The maximum absolute atomic E-state index is 2.59. The van der Waals surface area contributed by atoms with E-state index in [1.54, 1.807) is 0 Å². The highest BCUT2D eigenvalue weighted by atomic mass is 15.2. The number of aromatic nitrogens is 1. The molecule has 10 rings (SSSR count). The molecule has 0 N–H and O–H groups in total. The molecule has 1 atom stereocenters. The first-order valence-corrected chi connectivity index (χ1v) is 23.2. The fourth-order valence-electron chi connectivity index (χ4n) is 10.6. The molecular weight excluding hydrogens is 737 g/mol. The van der Waals surface area contributed by atoms with Gasteiger partial charge in [-0.15, -0.1) is 0 Å². The molecule has 0 fully saturated rings. The predicted molar refractivity (Wildman–Crippen MR) is 265 cm³/mol. The first-order chi connectivity index (χ1) is 30.0. The molecular formula is C57H58BN3. The Morgan fingerprint density at radius 3 is 1.90 bits per heavy atom. The summed E-state index contributed by atoms with van der Waals surface area (Å²) in [5, 5.41) is 2.62. The predicted octanol–water partition coefficient (Wildman–Crippen LogP) is 14.2. The summed E-state index contributed by atoms with van der Waals surface area (Å²) >= 11 is 0. The molecule has 0 saturated carbocycles. The largest absolute Gasteiger partial charge is 0.311 e. The summed E-state index contributed by atoms with van der Waals surface area (Å²) in [5.74, 6) is 0.575. The third-order valence-corrected chi connectivity index (χ3v) is 13.7. The minimum Gasteiger partial charge on any atom is -0.311 e. The summed E-state index contributed by atoms with van der Waals surface area (Å²) < 4.78 is 2.59. The van der Waals surface area contributed by atoms with Crippen LogP contribution in [0.5, 0.6) is 0 Å². The normalized spacial score (nSPS) is 13.1. The highest BCUT2D eigenvalue weighted by Crippen LogP contribution is 2.46. The van der Waals surface area contributed by atoms with E-state index in [0.29, 0.717) is 5.92 Å². The first-order valence-electron chi connectivity index (χ1n) is 23.2. The van der Waals surface area contributed by atoms with E-state index < -0.39 is 0 Å². The molecule has 0 spiro atoms. The summed E-state index contributed by atoms with van der Waals surface area (Å²) in [5.41, 5.74) is 20.7. The van der Waals surface area contributed by atoms with Crippen molar-refractivity contribution >= 4 is 79.0 Å². The number of nitrogens with zero attached hydrogens (tertiary/aromatic N) is 3. The molecule has 61 heavy (non-hydrogen) atoms. The van der Waals surface area contributed by atoms with E-state index in [9.17, 15) is 0 Å². The Bertz CT molecular complexity index is 2850. The van der Waals surface area contributed by atoms with Crippen molar-refractivity contribution in [1.82, 2.24) is 4.57 Å². The Labute approximate surface area is 363 Å². The summed E-state index contributed by atoms with van der Waals surface area (Å²) in [6, 6.07) is 56.5. The van der Waals surface area contributed by atoms with Crippen LogP contribution in [-0.2, 0) is 12.8 Å². The van der Waals surface area contributed by atoms with Gasteiger partial charge in [0, 0.05) is 50.4 Å². The highest BCUT2D eigenvalue weighted by Gasteiger charge is 2.42. The number of aryl methyl sites for hydroxylation is 3. The first kappa shape index (κ1) is 39.2. The van der Waals surface area contributed by atoms with Crippen molar-refractivity contribution in [2.24, 2.45) is 0 Å². The van der Waals surface area contributed by atoms with Crippen LogP contribution in [0.3, 0.4) is 0 Å². The number of fused-ring (bicyclic) bond motifs is 7. The Kier molecular flexibility index (Phi) is 10.6. The zero-order chi connectivity index (χ0) is 41.6. The van der Waals surface area contributed by atoms with Gasteiger partial charge in [0.05, 0.1) is 11.2 Å². The molecule has 0 amide bonds. The van der Waals surface area contributed by atoms with Gasteiger partial charge in [-0.2, -0.15) is 0 Å². The Morgan fingerprint density at radius 2 is 1.21 bits per heavy atom. The molecule has 7 aromatic carbocycles. The third-order valence-electron chi connectivity index (χ3n) is 13.7. The van der Waals surface area contributed by atoms with Gasteiger partial charge in [-0.25, -0.2) is 0 Å².